The lowest BCUT2D eigenvalue weighted by atomic mass is 10.1. The fourth-order valence-corrected chi connectivity index (χ4v) is 2.21. The molecule has 3 nitrogen and oxygen atoms in total. The lowest BCUT2D eigenvalue weighted by Gasteiger charge is -2.02. The minimum Gasteiger partial charge on any atom is -0.494 e. The first-order chi connectivity index (χ1) is 8.11. The maximum absolute atomic E-state index is 13.5. The van der Waals surface area contributed by atoms with Crippen LogP contribution in [0.1, 0.15) is 5.01 Å². The molecule has 1 aromatic carbocycles. The third kappa shape index (κ3) is 2.42. The van der Waals surface area contributed by atoms with Crippen LogP contribution in [0.5, 0.6) is 5.75 Å². The average Bonchev–Trinajstić information content (AvgIpc) is 2.78. The van der Waals surface area contributed by atoms with Gasteiger partial charge >= 0.3 is 0 Å². The maximum Gasteiger partial charge on any atom is 0.165 e. The van der Waals surface area contributed by atoms with E-state index in [1.165, 1.54) is 24.5 Å². The quantitative estimate of drug-likeness (QED) is 0.869. The number of rotatable bonds is 3. The molecule has 2 N–H and O–H groups in total. The van der Waals surface area contributed by atoms with Crippen molar-refractivity contribution in [2.75, 3.05) is 7.11 Å². The van der Waals surface area contributed by atoms with Crippen molar-refractivity contribution in [1.82, 2.24) is 4.98 Å². The number of halogens is 1. The summed E-state index contributed by atoms with van der Waals surface area (Å²) in [5.74, 6) is -0.214. The van der Waals surface area contributed by atoms with E-state index in [4.69, 9.17) is 22.7 Å². The molecule has 0 unspecified atom stereocenters. The number of nitrogens with zero attached hydrogens (tertiary/aromatic N) is 1. The van der Waals surface area contributed by atoms with E-state index in [1.807, 2.05) is 0 Å². The maximum atomic E-state index is 13.5. The number of benzene rings is 1. The molecular formula is C11H9FN2OS2. The summed E-state index contributed by atoms with van der Waals surface area (Å²) in [5.41, 5.74) is 6.79. The molecular weight excluding hydrogens is 259 g/mol. The molecule has 0 saturated carbocycles. The summed E-state index contributed by atoms with van der Waals surface area (Å²) in [5, 5.41) is 2.36. The molecule has 0 bridgehead atoms. The Morgan fingerprint density at radius 3 is 2.82 bits per heavy atom. The van der Waals surface area contributed by atoms with Gasteiger partial charge in [-0.3, -0.25) is 0 Å². The number of aromatic nitrogens is 1. The third-order valence-corrected chi connectivity index (χ3v) is 3.36. The van der Waals surface area contributed by atoms with Crippen LogP contribution in [0.2, 0.25) is 0 Å². The number of nitrogens with two attached hydrogens (primary N) is 1. The molecule has 0 aliphatic rings. The summed E-state index contributed by atoms with van der Waals surface area (Å²) in [4.78, 5) is 4.47. The minimum absolute atomic E-state index is 0.207. The van der Waals surface area contributed by atoms with Crippen LogP contribution in [0, 0.1) is 5.82 Å². The Balaban J connectivity index is 2.39. The van der Waals surface area contributed by atoms with Crippen LogP contribution in [-0.4, -0.2) is 17.1 Å². The summed E-state index contributed by atoms with van der Waals surface area (Å²) in [6.07, 6.45) is 0. The standard InChI is InChI=1S/C11H9FN2OS2/c1-15-9-3-2-6(4-7(9)12)8-5-17-11(14-8)10(13)16/h2-5H,1H3,(H2,13,16). The monoisotopic (exact) mass is 268 g/mol. The lowest BCUT2D eigenvalue weighted by molar-refractivity contribution is 0.386. The van der Waals surface area contributed by atoms with Gasteiger partial charge in [-0.1, -0.05) is 12.2 Å². The molecule has 0 aliphatic carbocycles. The van der Waals surface area contributed by atoms with E-state index in [2.05, 4.69) is 4.98 Å². The first kappa shape index (κ1) is 11.9. The van der Waals surface area contributed by atoms with Gasteiger partial charge in [-0.2, -0.15) is 0 Å². The van der Waals surface area contributed by atoms with Gasteiger partial charge < -0.3 is 10.5 Å². The molecule has 17 heavy (non-hydrogen) atoms. The molecule has 88 valence electrons. The molecule has 0 atom stereocenters. The van der Waals surface area contributed by atoms with E-state index in [-0.39, 0.29) is 10.7 Å². The predicted octanol–water partition coefficient (Wildman–Crippen LogP) is 2.59. The van der Waals surface area contributed by atoms with Crippen molar-refractivity contribution < 1.29 is 9.13 Å². The van der Waals surface area contributed by atoms with E-state index in [0.717, 1.165) is 0 Å². The van der Waals surface area contributed by atoms with Crippen molar-refractivity contribution in [1.29, 1.82) is 0 Å². The normalized spacial score (nSPS) is 10.2. The highest BCUT2D eigenvalue weighted by Crippen LogP contribution is 2.26. The molecule has 0 radical (unpaired) electrons. The Labute approximate surface area is 107 Å². The molecule has 6 heteroatoms. The zero-order valence-electron chi connectivity index (χ0n) is 8.94. The van der Waals surface area contributed by atoms with Crippen molar-refractivity contribution in [2.45, 2.75) is 0 Å². The molecule has 0 spiro atoms. The average molecular weight is 268 g/mol. The van der Waals surface area contributed by atoms with Crippen LogP contribution < -0.4 is 10.5 Å². The molecule has 0 saturated heterocycles. The number of hydrogen-bond acceptors (Lipinski definition) is 4. The fourth-order valence-electron chi connectivity index (χ4n) is 1.35. The lowest BCUT2D eigenvalue weighted by Crippen LogP contribution is -2.08. The molecule has 0 fully saturated rings. The second-order valence-electron chi connectivity index (χ2n) is 3.25. The van der Waals surface area contributed by atoms with Gasteiger partial charge in [-0.15, -0.1) is 11.3 Å². The predicted molar refractivity (Wildman–Crippen MR) is 69.9 cm³/mol. The number of thiazole rings is 1. The number of hydrogen-bond donors (Lipinski definition) is 1. The van der Waals surface area contributed by atoms with Crippen LogP contribution in [0.3, 0.4) is 0 Å². The largest absolute Gasteiger partial charge is 0.494 e. The van der Waals surface area contributed by atoms with Crippen molar-refractivity contribution in [2.24, 2.45) is 5.73 Å². The SMILES string of the molecule is COc1ccc(-c2csc(C(N)=S)n2)cc1F. The van der Waals surface area contributed by atoms with Crippen LogP contribution in [0.4, 0.5) is 4.39 Å². The molecule has 0 amide bonds. The first-order valence-electron chi connectivity index (χ1n) is 4.71. The summed E-state index contributed by atoms with van der Waals surface area (Å²) < 4.78 is 18.3. The highest BCUT2D eigenvalue weighted by Gasteiger charge is 2.09. The zero-order chi connectivity index (χ0) is 12.4. The zero-order valence-corrected chi connectivity index (χ0v) is 10.6. The smallest absolute Gasteiger partial charge is 0.165 e. The van der Waals surface area contributed by atoms with Crippen molar-refractivity contribution in [3.05, 3.63) is 34.4 Å². The Bertz CT molecular complexity index is 568. The van der Waals surface area contributed by atoms with Gasteiger partial charge in [0.15, 0.2) is 16.6 Å². The highest BCUT2D eigenvalue weighted by molar-refractivity contribution is 7.81. The summed E-state index contributed by atoms with van der Waals surface area (Å²) in [7, 11) is 1.42. The minimum atomic E-state index is -0.421. The van der Waals surface area contributed by atoms with E-state index in [9.17, 15) is 4.39 Å². The van der Waals surface area contributed by atoms with Crippen LogP contribution in [-0.2, 0) is 0 Å². The Hall–Kier alpha value is -1.53. The number of thiocarbonyl (C=S) groups is 1. The van der Waals surface area contributed by atoms with Gasteiger partial charge in [-0.25, -0.2) is 9.37 Å². The molecule has 2 aromatic rings. The van der Waals surface area contributed by atoms with Gasteiger partial charge in [0.1, 0.15) is 4.99 Å². The molecule has 1 heterocycles. The third-order valence-electron chi connectivity index (χ3n) is 2.16. The number of ether oxygens (including phenoxy) is 1. The van der Waals surface area contributed by atoms with E-state index in [1.54, 1.807) is 17.5 Å². The van der Waals surface area contributed by atoms with E-state index < -0.39 is 5.82 Å². The molecule has 2 rings (SSSR count). The molecule has 1 aromatic heterocycles. The van der Waals surface area contributed by atoms with Crippen LogP contribution in [0.15, 0.2) is 23.6 Å². The van der Waals surface area contributed by atoms with E-state index >= 15 is 0 Å². The first-order valence-corrected chi connectivity index (χ1v) is 6.00. The van der Waals surface area contributed by atoms with Crippen LogP contribution >= 0.6 is 23.6 Å². The topological polar surface area (TPSA) is 48.1 Å². The van der Waals surface area contributed by atoms with Gasteiger partial charge in [-0.05, 0) is 18.2 Å². The van der Waals surface area contributed by atoms with Gasteiger partial charge in [0.05, 0.1) is 12.8 Å². The second-order valence-corrected chi connectivity index (χ2v) is 4.55. The molecule has 0 aliphatic heterocycles. The Morgan fingerprint density at radius 1 is 1.53 bits per heavy atom. The second kappa shape index (κ2) is 4.77. The van der Waals surface area contributed by atoms with Gasteiger partial charge in [0.25, 0.3) is 0 Å². The number of methoxy groups -OCH3 is 1. The Kier molecular flexibility index (Phi) is 3.35. The van der Waals surface area contributed by atoms with Crippen molar-refractivity contribution >= 4 is 28.5 Å². The summed E-state index contributed by atoms with van der Waals surface area (Å²) in [6, 6.07) is 4.67. The summed E-state index contributed by atoms with van der Waals surface area (Å²) in [6.45, 7) is 0. The van der Waals surface area contributed by atoms with Crippen LogP contribution in [0.25, 0.3) is 11.3 Å². The Morgan fingerprint density at radius 2 is 2.29 bits per heavy atom. The summed E-state index contributed by atoms with van der Waals surface area (Å²) >= 11 is 6.16. The fraction of sp³-hybridized carbons (Fsp3) is 0.0909. The van der Waals surface area contributed by atoms with E-state index in [0.29, 0.717) is 16.3 Å². The van der Waals surface area contributed by atoms with Gasteiger partial charge in [0.2, 0.25) is 0 Å². The highest BCUT2D eigenvalue weighted by atomic mass is 32.1. The van der Waals surface area contributed by atoms with Gasteiger partial charge in [0, 0.05) is 10.9 Å². The van der Waals surface area contributed by atoms with Crippen molar-refractivity contribution in [3.8, 4) is 17.0 Å². The van der Waals surface area contributed by atoms with Crippen molar-refractivity contribution in [3.63, 3.8) is 0 Å².